The Bertz CT molecular complexity index is 1410. The Kier molecular flexibility index (Phi) is 8.13. The summed E-state index contributed by atoms with van der Waals surface area (Å²) in [6, 6.07) is 3.02. The average molecular weight is 581 g/mol. The van der Waals surface area contributed by atoms with E-state index in [9.17, 15) is 40.8 Å². The van der Waals surface area contributed by atoms with Crippen LogP contribution in [0.25, 0.3) is 0 Å². The zero-order chi connectivity index (χ0) is 29.4. The Morgan fingerprint density at radius 1 is 1.10 bits per heavy atom. The molecule has 1 N–H and O–H groups in total. The molecule has 214 valence electrons. The number of hydrogen-bond donors (Lipinski definition) is 1. The minimum absolute atomic E-state index is 0.0117. The fourth-order valence-electron chi connectivity index (χ4n) is 5.02. The first-order chi connectivity index (χ1) is 18.7. The smallest absolute Gasteiger partial charge is 0.340 e. The van der Waals surface area contributed by atoms with Crippen LogP contribution in [-0.2, 0) is 25.8 Å². The van der Waals surface area contributed by atoms with E-state index < -0.39 is 69.1 Å². The molecule has 2 amide bonds. The first-order valence-corrected chi connectivity index (χ1v) is 13.9. The molecule has 3 heterocycles. The number of carbonyl (C=O) groups is 4. The van der Waals surface area contributed by atoms with Crippen LogP contribution in [0.3, 0.4) is 0 Å². The molecule has 3 atom stereocenters. The number of nitrogens with zero attached hydrogens (tertiary/aromatic N) is 3. The lowest BCUT2D eigenvalue weighted by Crippen LogP contribution is -2.53. The number of benzene rings is 1. The molecule has 2 aliphatic rings. The van der Waals surface area contributed by atoms with Gasteiger partial charge < -0.3 is 10.2 Å². The van der Waals surface area contributed by atoms with Crippen molar-refractivity contribution in [2.75, 3.05) is 13.1 Å². The molecule has 14 heteroatoms. The van der Waals surface area contributed by atoms with Crippen LogP contribution in [0.5, 0.6) is 0 Å². The van der Waals surface area contributed by atoms with Gasteiger partial charge in [-0.05, 0) is 55.2 Å². The number of rotatable bonds is 7. The third kappa shape index (κ3) is 5.77. The molecule has 40 heavy (non-hydrogen) atoms. The standard InChI is InChI=1S/C26H27F3N4O6S/c1-15(2)12-19(31-23(35)16-5-7-18(8-6-16)26(27,28)29)24(36)32-11-9-20-22(32)21(34)14-33(20)40(38,39)25(37)17-4-3-10-30-13-17/h3-8,10,13,15,19-20,22H,9,11-12,14H2,1-2H3,(H,31,35). The number of carbonyl (C=O) groups excluding carboxylic acids is 4. The summed E-state index contributed by atoms with van der Waals surface area (Å²) < 4.78 is 65.7. The number of fused-ring (bicyclic) bond motifs is 1. The molecule has 4 rings (SSSR count). The lowest BCUT2D eigenvalue weighted by Gasteiger charge is -2.29. The SMILES string of the molecule is CC(C)CC(NC(=O)c1ccc(C(F)(F)F)cc1)C(=O)N1CCC2C1C(=O)CN2S(=O)(=O)C(=O)c1cccnc1. The molecular weight excluding hydrogens is 553 g/mol. The van der Waals surface area contributed by atoms with E-state index in [1.54, 1.807) is 13.8 Å². The van der Waals surface area contributed by atoms with Gasteiger partial charge in [0.2, 0.25) is 5.91 Å². The molecule has 2 fully saturated rings. The number of amides is 2. The van der Waals surface area contributed by atoms with E-state index in [-0.39, 0.29) is 36.4 Å². The zero-order valence-electron chi connectivity index (χ0n) is 21.6. The fourth-order valence-corrected chi connectivity index (χ4v) is 6.53. The van der Waals surface area contributed by atoms with E-state index in [1.807, 2.05) is 0 Å². The molecule has 2 aromatic rings. The summed E-state index contributed by atoms with van der Waals surface area (Å²) in [6.45, 7) is 3.03. The topological polar surface area (TPSA) is 134 Å². The Hall–Kier alpha value is -3.65. The van der Waals surface area contributed by atoms with Crippen molar-refractivity contribution in [3.05, 3.63) is 65.5 Å². The normalized spacial score (nSPS) is 20.4. The summed E-state index contributed by atoms with van der Waals surface area (Å²) >= 11 is 0. The van der Waals surface area contributed by atoms with Crippen LogP contribution in [0.1, 0.15) is 53.0 Å². The lowest BCUT2D eigenvalue weighted by molar-refractivity contribution is -0.138. The second kappa shape index (κ2) is 11.1. The van der Waals surface area contributed by atoms with Gasteiger partial charge >= 0.3 is 6.18 Å². The summed E-state index contributed by atoms with van der Waals surface area (Å²) in [5, 5.41) is 1.35. The second-order valence-corrected chi connectivity index (χ2v) is 11.9. The van der Waals surface area contributed by atoms with Gasteiger partial charge in [0.15, 0.2) is 5.78 Å². The minimum atomic E-state index is -4.59. The maximum Gasteiger partial charge on any atom is 0.416 e. The number of likely N-dealkylation sites (tertiary alicyclic amines) is 1. The number of halogens is 3. The number of Topliss-reactive ketones (excluding diaryl/α,β-unsaturated/α-hetero) is 1. The molecule has 0 spiro atoms. The number of aromatic nitrogens is 1. The maximum atomic E-state index is 13.6. The quantitative estimate of drug-likeness (QED) is 0.531. The number of hydrogen-bond acceptors (Lipinski definition) is 7. The second-order valence-electron chi connectivity index (χ2n) is 10.1. The van der Waals surface area contributed by atoms with Crippen molar-refractivity contribution in [1.82, 2.24) is 19.5 Å². The molecule has 0 radical (unpaired) electrons. The van der Waals surface area contributed by atoms with Gasteiger partial charge in [-0.25, -0.2) is 8.42 Å². The first kappa shape index (κ1) is 29.3. The van der Waals surface area contributed by atoms with Crippen molar-refractivity contribution in [3.8, 4) is 0 Å². The maximum absolute atomic E-state index is 13.6. The van der Waals surface area contributed by atoms with Crippen LogP contribution in [0.15, 0.2) is 48.8 Å². The van der Waals surface area contributed by atoms with Gasteiger partial charge in [-0.15, -0.1) is 0 Å². The molecular formula is C26H27F3N4O6S. The van der Waals surface area contributed by atoms with E-state index in [2.05, 4.69) is 10.3 Å². The molecule has 10 nitrogen and oxygen atoms in total. The fraction of sp³-hybridized carbons (Fsp3) is 0.423. The predicted octanol–water partition coefficient (Wildman–Crippen LogP) is 2.27. The van der Waals surface area contributed by atoms with Crippen molar-refractivity contribution < 1.29 is 40.8 Å². The van der Waals surface area contributed by atoms with E-state index in [0.717, 1.165) is 34.8 Å². The highest BCUT2D eigenvalue weighted by Crippen LogP contribution is 2.34. The van der Waals surface area contributed by atoms with Crippen LogP contribution >= 0.6 is 0 Å². The Morgan fingerprint density at radius 3 is 2.35 bits per heavy atom. The first-order valence-electron chi connectivity index (χ1n) is 12.5. The number of nitrogens with one attached hydrogen (secondary N) is 1. The highest BCUT2D eigenvalue weighted by molar-refractivity contribution is 8.04. The molecule has 2 aliphatic heterocycles. The van der Waals surface area contributed by atoms with Gasteiger partial charge in [0.25, 0.3) is 21.0 Å². The number of sulfonamides is 1. The molecule has 3 unspecified atom stereocenters. The van der Waals surface area contributed by atoms with Crippen molar-refractivity contribution in [1.29, 1.82) is 0 Å². The van der Waals surface area contributed by atoms with Gasteiger partial charge in [0.05, 0.1) is 23.7 Å². The molecule has 1 aromatic carbocycles. The van der Waals surface area contributed by atoms with Gasteiger partial charge in [-0.2, -0.15) is 17.5 Å². The molecule has 0 aliphatic carbocycles. The number of pyridine rings is 1. The van der Waals surface area contributed by atoms with E-state index >= 15 is 0 Å². The Balaban J connectivity index is 1.52. The monoisotopic (exact) mass is 580 g/mol. The highest BCUT2D eigenvalue weighted by Gasteiger charge is 2.55. The number of alkyl halides is 3. The van der Waals surface area contributed by atoms with E-state index in [1.165, 1.54) is 23.2 Å². The molecule has 1 aromatic heterocycles. The van der Waals surface area contributed by atoms with Crippen LogP contribution < -0.4 is 5.32 Å². The van der Waals surface area contributed by atoms with Crippen LogP contribution in [0, 0.1) is 5.92 Å². The molecule has 0 saturated carbocycles. The van der Waals surface area contributed by atoms with Crippen molar-refractivity contribution in [3.63, 3.8) is 0 Å². The summed E-state index contributed by atoms with van der Waals surface area (Å²) in [5.41, 5.74) is -1.17. The molecule has 0 bridgehead atoms. The zero-order valence-corrected chi connectivity index (χ0v) is 22.4. The summed E-state index contributed by atoms with van der Waals surface area (Å²) in [5.74, 6) is -2.04. The van der Waals surface area contributed by atoms with Crippen molar-refractivity contribution in [2.45, 2.75) is 51.0 Å². The van der Waals surface area contributed by atoms with Gasteiger partial charge in [0, 0.05) is 24.5 Å². The van der Waals surface area contributed by atoms with Gasteiger partial charge in [-0.3, -0.25) is 24.2 Å². The third-order valence-corrected chi connectivity index (χ3v) is 8.61. The van der Waals surface area contributed by atoms with E-state index in [4.69, 9.17) is 0 Å². The van der Waals surface area contributed by atoms with Crippen molar-refractivity contribution >= 4 is 32.7 Å². The van der Waals surface area contributed by atoms with Crippen LogP contribution in [0.4, 0.5) is 13.2 Å². The van der Waals surface area contributed by atoms with Crippen molar-refractivity contribution in [2.24, 2.45) is 5.92 Å². The minimum Gasteiger partial charge on any atom is -0.340 e. The lowest BCUT2D eigenvalue weighted by atomic mass is 10.0. The van der Waals surface area contributed by atoms with Gasteiger partial charge in [-0.1, -0.05) is 13.8 Å². The summed E-state index contributed by atoms with van der Waals surface area (Å²) in [7, 11) is -4.59. The average Bonchev–Trinajstić information content (AvgIpc) is 3.48. The number of ketones is 1. The summed E-state index contributed by atoms with van der Waals surface area (Å²) in [4.78, 5) is 57.2. The largest absolute Gasteiger partial charge is 0.416 e. The van der Waals surface area contributed by atoms with Crippen LogP contribution in [0.2, 0.25) is 0 Å². The van der Waals surface area contributed by atoms with E-state index in [0.29, 0.717) is 0 Å². The Labute approximate surface area is 228 Å². The third-order valence-electron chi connectivity index (χ3n) is 6.89. The van der Waals surface area contributed by atoms with Crippen LogP contribution in [-0.4, -0.2) is 76.5 Å². The predicted molar refractivity (Wildman–Crippen MR) is 135 cm³/mol. The summed E-state index contributed by atoms with van der Waals surface area (Å²) in [6.07, 6.45) is -1.83. The molecule has 2 saturated heterocycles. The highest BCUT2D eigenvalue weighted by atomic mass is 32.2. The van der Waals surface area contributed by atoms with Gasteiger partial charge in [0.1, 0.15) is 12.1 Å². The Morgan fingerprint density at radius 2 is 1.77 bits per heavy atom.